The second-order valence-corrected chi connectivity index (χ2v) is 4.26. The number of hydrogen-bond acceptors (Lipinski definition) is 3. The lowest BCUT2D eigenvalue weighted by Gasteiger charge is -2.01. The zero-order chi connectivity index (χ0) is 12.0. The molecule has 0 amide bonds. The van der Waals surface area contributed by atoms with E-state index in [0.29, 0.717) is 5.56 Å². The van der Waals surface area contributed by atoms with E-state index in [2.05, 4.69) is 45.1 Å². The normalized spacial score (nSPS) is 9.19. The molecule has 0 radical (unpaired) electrons. The second kappa shape index (κ2) is 6.62. The molecule has 0 saturated heterocycles. The van der Waals surface area contributed by atoms with E-state index in [-0.39, 0.29) is 5.97 Å². The monoisotopic (exact) mass is 298 g/mol. The fourth-order valence-electron chi connectivity index (χ4n) is 1.07. The average molecular weight is 299 g/mol. The molecular formula is C12H11BrO2S. The Morgan fingerprint density at radius 2 is 2.31 bits per heavy atom. The smallest absolute Gasteiger partial charge is 0.337 e. The molecule has 16 heavy (non-hydrogen) atoms. The van der Waals surface area contributed by atoms with Gasteiger partial charge in [0.2, 0.25) is 0 Å². The maximum Gasteiger partial charge on any atom is 0.337 e. The summed E-state index contributed by atoms with van der Waals surface area (Å²) < 4.78 is 5.42. The first-order chi connectivity index (χ1) is 7.69. The van der Waals surface area contributed by atoms with Gasteiger partial charge in [0.25, 0.3) is 0 Å². The average Bonchev–Trinajstić information content (AvgIpc) is 2.30. The zero-order valence-electron chi connectivity index (χ0n) is 8.79. The Bertz CT molecular complexity index is 446. The molecule has 0 fully saturated rings. The Morgan fingerprint density at radius 3 is 2.88 bits per heavy atom. The third-order valence-electron chi connectivity index (χ3n) is 1.85. The Balaban J connectivity index is 2.93. The molecule has 84 valence electrons. The van der Waals surface area contributed by atoms with Crippen molar-refractivity contribution in [2.24, 2.45) is 0 Å². The summed E-state index contributed by atoms with van der Waals surface area (Å²) in [4.78, 5) is 11.2. The molecule has 0 bridgehead atoms. The van der Waals surface area contributed by atoms with E-state index in [9.17, 15) is 4.79 Å². The van der Waals surface area contributed by atoms with Crippen molar-refractivity contribution in [1.29, 1.82) is 0 Å². The van der Waals surface area contributed by atoms with Gasteiger partial charge >= 0.3 is 5.97 Å². The lowest BCUT2D eigenvalue weighted by molar-refractivity contribution is 0.0600. The van der Waals surface area contributed by atoms with Crippen LogP contribution >= 0.6 is 28.6 Å². The Hall–Kier alpha value is -0.920. The molecule has 0 saturated carbocycles. The molecule has 0 heterocycles. The maximum atomic E-state index is 11.2. The summed E-state index contributed by atoms with van der Waals surface area (Å²) in [6.07, 6.45) is 0.744. The molecule has 0 aromatic heterocycles. The van der Waals surface area contributed by atoms with Crippen LogP contribution in [0, 0.1) is 11.8 Å². The number of rotatable bonds is 2. The van der Waals surface area contributed by atoms with E-state index in [1.165, 1.54) is 7.11 Å². The van der Waals surface area contributed by atoms with Crippen LogP contribution in [-0.4, -0.2) is 18.8 Å². The van der Waals surface area contributed by atoms with Crippen LogP contribution in [0.5, 0.6) is 0 Å². The third kappa shape index (κ3) is 3.58. The van der Waals surface area contributed by atoms with Crippen LogP contribution in [0.25, 0.3) is 0 Å². The van der Waals surface area contributed by atoms with Gasteiger partial charge in [-0.15, -0.1) is 0 Å². The van der Waals surface area contributed by atoms with Gasteiger partial charge in [-0.2, -0.15) is 12.6 Å². The largest absolute Gasteiger partial charge is 0.465 e. The van der Waals surface area contributed by atoms with Gasteiger partial charge in [0.05, 0.1) is 12.7 Å². The minimum absolute atomic E-state index is 0.351. The highest BCUT2D eigenvalue weighted by atomic mass is 79.9. The van der Waals surface area contributed by atoms with Crippen molar-refractivity contribution in [2.45, 2.75) is 6.42 Å². The van der Waals surface area contributed by atoms with E-state index in [4.69, 9.17) is 0 Å². The van der Waals surface area contributed by atoms with E-state index in [1.807, 2.05) is 0 Å². The van der Waals surface area contributed by atoms with Crippen LogP contribution in [0.15, 0.2) is 22.7 Å². The third-order valence-corrected chi connectivity index (χ3v) is 2.73. The topological polar surface area (TPSA) is 26.3 Å². The summed E-state index contributed by atoms with van der Waals surface area (Å²) >= 11 is 7.44. The Morgan fingerprint density at radius 1 is 1.56 bits per heavy atom. The first kappa shape index (κ1) is 13.1. The lowest BCUT2D eigenvalue weighted by atomic mass is 10.1. The van der Waals surface area contributed by atoms with Gasteiger partial charge in [-0.3, -0.25) is 0 Å². The first-order valence-corrected chi connectivity index (χ1v) is 6.09. The number of halogens is 1. The number of methoxy groups -OCH3 is 1. The number of carbonyl (C=O) groups excluding carboxylic acids is 1. The van der Waals surface area contributed by atoms with Gasteiger partial charge in [-0.1, -0.05) is 11.8 Å². The number of esters is 1. The maximum absolute atomic E-state index is 11.2. The van der Waals surface area contributed by atoms with Crippen LogP contribution in [0.3, 0.4) is 0 Å². The molecule has 2 nitrogen and oxygen atoms in total. The van der Waals surface area contributed by atoms with Crippen LogP contribution in [-0.2, 0) is 4.74 Å². The van der Waals surface area contributed by atoms with Gasteiger partial charge in [-0.25, -0.2) is 4.79 Å². The fraction of sp³-hybridized carbons (Fsp3) is 0.250. The number of ether oxygens (including phenoxy) is 1. The molecule has 0 aliphatic rings. The summed E-state index contributed by atoms with van der Waals surface area (Å²) in [6, 6.07) is 5.19. The van der Waals surface area contributed by atoms with Crippen molar-refractivity contribution in [2.75, 3.05) is 12.9 Å². The summed E-state index contributed by atoms with van der Waals surface area (Å²) in [6.45, 7) is 0. The molecule has 0 unspecified atom stereocenters. The first-order valence-electron chi connectivity index (χ1n) is 4.66. The molecule has 1 rings (SSSR count). The van der Waals surface area contributed by atoms with Crippen LogP contribution in [0.2, 0.25) is 0 Å². The minimum atomic E-state index is -0.351. The highest BCUT2D eigenvalue weighted by Crippen LogP contribution is 2.18. The summed E-state index contributed by atoms with van der Waals surface area (Å²) in [5.74, 6) is 6.37. The molecule has 1 aromatic rings. The van der Waals surface area contributed by atoms with Crippen LogP contribution in [0.1, 0.15) is 22.3 Å². The lowest BCUT2D eigenvalue weighted by Crippen LogP contribution is -2.01. The van der Waals surface area contributed by atoms with Crippen LogP contribution in [0.4, 0.5) is 0 Å². The molecule has 0 N–H and O–H groups in total. The van der Waals surface area contributed by atoms with Crippen molar-refractivity contribution in [3.05, 3.63) is 33.8 Å². The van der Waals surface area contributed by atoms with E-state index >= 15 is 0 Å². The van der Waals surface area contributed by atoms with Gasteiger partial charge in [0.15, 0.2) is 0 Å². The molecular weight excluding hydrogens is 288 g/mol. The van der Waals surface area contributed by atoms with Gasteiger partial charge in [0.1, 0.15) is 0 Å². The summed E-state index contributed by atoms with van der Waals surface area (Å²) in [5.41, 5.74) is 1.36. The number of carbonyl (C=O) groups is 1. The second-order valence-electron chi connectivity index (χ2n) is 2.96. The van der Waals surface area contributed by atoms with Crippen molar-refractivity contribution in [3.8, 4) is 11.8 Å². The standard InChI is InChI=1S/C12H11BrO2S/c1-15-12(14)10-6-5-9(11(13)8-10)4-2-3-7-16/h5-6,8,16H,3,7H2,1H3. The highest BCUT2D eigenvalue weighted by molar-refractivity contribution is 9.10. The number of hydrogen-bond donors (Lipinski definition) is 1. The highest BCUT2D eigenvalue weighted by Gasteiger charge is 2.06. The Kier molecular flexibility index (Phi) is 5.44. The zero-order valence-corrected chi connectivity index (χ0v) is 11.3. The predicted octanol–water partition coefficient (Wildman–Crippen LogP) is 2.91. The minimum Gasteiger partial charge on any atom is -0.465 e. The van der Waals surface area contributed by atoms with Gasteiger partial charge in [0, 0.05) is 22.2 Å². The quantitative estimate of drug-likeness (QED) is 0.516. The summed E-state index contributed by atoms with van der Waals surface area (Å²) in [7, 11) is 1.36. The SMILES string of the molecule is COC(=O)c1ccc(C#CCCS)c(Br)c1. The molecule has 0 aliphatic heterocycles. The number of thiol groups is 1. The van der Waals surface area contributed by atoms with E-state index < -0.39 is 0 Å². The Labute approximate surface area is 109 Å². The molecule has 4 heteroatoms. The van der Waals surface area contributed by atoms with Gasteiger partial charge < -0.3 is 4.74 Å². The molecule has 0 spiro atoms. The van der Waals surface area contributed by atoms with Crippen molar-refractivity contribution >= 4 is 34.5 Å². The number of benzene rings is 1. The summed E-state index contributed by atoms with van der Waals surface area (Å²) in [5, 5.41) is 0. The van der Waals surface area contributed by atoms with E-state index in [1.54, 1.807) is 18.2 Å². The van der Waals surface area contributed by atoms with Crippen LogP contribution < -0.4 is 0 Å². The molecule has 0 aliphatic carbocycles. The fourth-order valence-corrected chi connectivity index (χ4v) is 1.66. The predicted molar refractivity (Wildman–Crippen MR) is 70.8 cm³/mol. The van der Waals surface area contributed by atoms with E-state index in [0.717, 1.165) is 22.2 Å². The van der Waals surface area contributed by atoms with Crippen molar-refractivity contribution in [3.63, 3.8) is 0 Å². The molecule has 0 atom stereocenters. The van der Waals surface area contributed by atoms with Crippen molar-refractivity contribution < 1.29 is 9.53 Å². The molecule has 1 aromatic carbocycles. The van der Waals surface area contributed by atoms with Gasteiger partial charge in [-0.05, 0) is 34.1 Å². The van der Waals surface area contributed by atoms with Crippen molar-refractivity contribution in [1.82, 2.24) is 0 Å².